The molecule has 3 aromatic rings. The fourth-order valence-corrected chi connectivity index (χ4v) is 2.82. The minimum atomic E-state index is 0.692. The SMILES string of the molecule is CCc1cccc(OC)c1.CNCCNC=O.Cc1ccccc1.O=Cc1ccc(OCC2CC2)cc1. The highest BCUT2D eigenvalue weighted by atomic mass is 16.5. The average molecular weight is 507 g/mol. The number of amides is 1. The minimum Gasteiger partial charge on any atom is -0.497 e. The number of likely N-dealkylation sites (N-methyl/N-ethyl adjacent to an activating group) is 1. The molecule has 0 aliphatic heterocycles. The summed E-state index contributed by atoms with van der Waals surface area (Å²) in [6.45, 7) is 6.58. The molecule has 0 radical (unpaired) electrons. The first-order chi connectivity index (χ1) is 18.1. The Balaban J connectivity index is 0.000000257. The number of nitrogens with one attached hydrogen (secondary N) is 2. The van der Waals surface area contributed by atoms with Crippen LogP contribution in [0, 0.1) is 12.8 Å². The summed E-state index contributed by atoms with van der Waals surface area (Å²) in [7, 11) is 3.53. The van der Waals surface area contributed by atoms with Crippen LogP contribution < -0.4 is 20.1 Å². The number of aldehydes is 1. The Morgan fingerprint density at radius 3 is 2.08 bits per heavy atom. The summed E-state index contributed by atoms with van der Waals surface area (Å²) in [5.41, 5.74) is 3.33. The molecule has 0 spiro atoms. The molecule has 1 aliphatic carbocycles. The maximum Gasteiger partial charge on any atom is 0.207 e. The van der Waals surface area contributed by atoms with Crippen molar-refractivity contribution in [3.05, 3.63) is 95.6 Å². The first-order valence-corrected chi connectivity index (χ1v) is 12.7. The summed E-state index contributed by atoms with van der Waals surface area (Å²) >= 11 is 0. The Morgan fingerprint density at radius 2 is 1.59 bits per heavy atom. The molecule has 0 saturated heterocycles. The summed E-state index contributed by atoms with van der Waals surface area (Å²) in [6.07, 6.45) is 5.19. The Hall–Kier alpha value is -3.64. The second kappa shape index (κ2) is 20.5. The van der Waals surface area contributed by atoms with Gasteiger partial charge in [0, 0.05) is 18.7 Å². The van der Waals surface area contributed by atoms with E-state index in [0.717, 1.165) is 43.3 Å². The number of benzene rings is 3. The zero-order valence-corrected chi connectivity index (χ0v) is 22.6. The van der Waals surface area contributed by atoms with Gasteiger partial charge in [-0.2, -0.15) is 0 Å². The lowest BCUT2D eigenvalue weighted by atomic mass is 10.2. The van der Waals surface area contributed by atoms with Gasteiger partial charge < -0.3 is 20.1 Å². The van der Waals surface area contributed by atoms with Gasteiger partial charge in [0.2, 0.25) is 6.41 Å². The molecule has 37 heavy (non-hydrogen) atoms. The van der Waals surface area contributed by atoms with Crippen molar-refractivity contribution in [3.8, 4) is 11.5 Å². The predicted octanol–water partition coefficient (Wildman–Crippen LogP) is 5.49. The van der Waals surface area contributed by atoms with E-state index in [0.29, 0.717) is 18.5 Å². The number of rotatable bonds is 10. The van der Waals surface area contributed by atoms with Crippen molar-refractivity contribution in [1.29, 1.82) is 0 Å². The minimum absolute atomic E-state index is 0.692. The van der Waals surface area contributed by atoms with Crippen LogP contribution in [-0.4, -0.2) is 46.6 Å². The highest BCUT2D eigenvalue weighted by Crippen LogP contribution is 2.29. The predicted molar refractivity (Wildman–Crippen MR) is 152 cm³/mol. The van der Waals surface area contributed by atoms with Crippen LogP contribution in [0.25, 0.3) is 0 Å². The van der Waals surface area contributed by atoms with Crippen molar-refractivity contribution in [3.63, 3.8) is 0 Å². The standard InChI is InChI=1S/C11H12O2.C9H12O.C7H8.C4H10N2O/c12-7-9-3-5-11(6-4-9)13-8-10-1-2-10;1-3-8-5-4-6-9(7-8)10-2;1-7-5-3-2-4-6-7;1-5-2-3-6-4-7/h3-7,10H,1-2,8H2;4-7H,3H2,1-2H3;2-6H,1H3;4-5H,2-3H2,1H3,(H,6,7). The van der Waals surface area contributed by atoms with Crippen LogP contribution in [0.3, 0.4) is 0 Å². The van der Waals surface area contributed by atoms with Crippen LogP contribution >= 0.6 is 0 Å². The molecule has 0 atom stereocenters. The maximum atomic E-state index is 10.4. The smallest absolute Gasteiger partial charge is 0.207 e. The normalized spacial score (nSPS) is 11.1. The molecule has 6 nitrogen and oxygen atoms in total. The van der Waals surface area contributed by atoms with Crippen LogP contribution in [0.1, 0.15) is 41.3 Å². The monoisotopic (exact) mass is 506 g/mol. The molecule has 1 aliphatic rings. The maximum absolute atomic E-state index is 10.4. The van der Waals surface area contributed by atoms with Gasteiger partial charge in [-0.15, -0.1) is 0 Å². The quantitative estimate of drug-likeness (QED) is 0.281. The van der Waals surface area contributed by atoms with Gasteiger partial charge in [-0.25, -0.2) is 0 Å². The van der Waals surface area contributed by atoms with Crippen molar-refractivity contribution < 1.29 is 19.1 Å². The van der Waals surface area contributed by atoms with Crippen molar-refractivity contribution in [2.24, 2.45) is 5.92 Å². The molecule has 0 bridgehead atoms. The molecule has 2 N–H and O–H groups in total. The topological polar surface area (TPSA) is 76.7 Å². The Bertz CT molecular complexity index is 955. The van der Waals surface area contributed by atoms with Crippen LogP contribution in [0.5, 0.6) is 11.5 Å². The molecule has 4 rings (SSSR count). The van der Waals surface area contributed by atoms with E-state index in [1.165, 1.54) is 24.0 Å². The zero-order valence-electron chi connectivity index (χ0n) is 22.6. The third-order valence-electron chi connectivity index (χ3n) is 5.28. The van der Waals surface area contributed by atoms with E-state index >= 15 is 0 Å². The number of hydrogen-bond donors (Lipinski definition) is 2. The first kappa shape index (κ1) is 31.4. The third kappa shape index (κ3) is 16.6. The molecule has 0 aromatic heterocycles. The van der Waals surface area contributed by atoms with Crippen molar-refractivity contribution in [1.82, 2.24) is 10.6 Å². The van der Waals surface area contributed by atoms with Gasteiger partial charge in [0.25, 0.3) is 0 Å². The molecular weight excluding hydrogens is 464 g/mol. The zero-order chi connectivity index (χ0) is 27.1. The summed E-state index contributed by atoms with van der Waals surface area (Å²) < 4.78 is 10.6. The number of carbonyl (C=O) groups excluding carboxylic acids is 2. The highest BCUT2D eigenvalue weighted by Gasteiger charge is 2.21. The second-order valence-electron chi connectivity index (χ2n) is 8.48. The third-order valence-corrected chi connectivity index (χ3v) is 5.28. The van der Waals surface area contributed by atoms with Gasteiger partial charge in [0.05, 0.1) is 13.7 Å². The lowest BCUT2D eigenvalue weighted by molar-refractivity contribution is -0.109. The number of carbonyl (C=O) groups is 2. The number of ether oxygens (including phenoxy) is 2. The molecule has 200 valence electrons. The van der Waals surface area contributed by atoms with E-state index in [4.69, 9.17) is 9.47 Å². The van der Waals surface area contributed by atoms with Crippen molar-refractivity contribution >= 4 is 12.7 Å². The summed E-state index contributed by atoms with van der Waals surface area (Å²) in [6, 6.07) is 25.6. The molecule has 1 amide bonds. The van der Waals surface area contributed by atoms with Crippen molar-refractivity contribution in [2.75, 3.05) is 33.9 Å². The summed E-state index contributed by atoms with van der Waals surface area (Å²) in [5, 5.41) is 5.39. The lowest BCUT2D eigenvalue weighted by Crippen LogP contribution is -2.23. The first-order valence-electron chi connectivity index (χ1n) is 12.7. The fraction of sp³-hybridized carbons (Fsp3) is 0.355. The van der Waals surface area contributed by atoms with E-state index in [1.807, 2.05) is 49.5 Å². The van der Waals surface area contributed by atoms with Crippen LogP contribution in [0.4, 0.5) is 0 Å². The van der Waals surface area contributed by atoms with Crippen LogP contribution in [0.2, 0.25) is 0 Å². The fourth-order valence-electron chi connectivity index (χ4n) is 2.82. The van der Waals surface area contributed by atoms with Gasteiger partial charge in [-0.3, -0.25) is 9.59 Å². The highest BCUT2D eigenvalue weighted by molar-refractivity contribution is 5.74. The molecule has 0 heterocycles. The molecule has 1 fully saturated rings. The molecule has 1 saturated carbocycles. The van der Waals surface area contributed by atoms with E-state index in [1.54, 1.807) is 19.2 Å². The van der Waals surface area contributed by atoms with Gasteiger partial charge >= 0.3 is 0 Å². The van der Waals surface area contributed by atoms with E-state index < -0.39 is 0 Å². The molecule has 0 unspecified atom stereocenters. The molecule has 6 heteroatoms. The average Bonchev–Trinajstić information content (AvgIpc) is 3.79. The van der Waals surface area contributed by atoms with Crippen LogP contribution in [-0.2, 0) is 11.2 Å². The summed E-state index contributed by atoms with van der Waals surface area (Å²) in [4.78, 5) is 19.9. The van der Waals surface area contributed by atoms with Gasteiger partial charge in [0.15, 0.2) is 0 Å². The van der Waals surface area contributed by atoms with E-state index in [2.05, 4.69) is 48.7 Å². The Morgan fingerprint density at radius 1 is 0.892 bits per heavy atom. The van der Waals surface area contributed by atoms with Crippen molar-refractivity contribution in [2.45, 2.75) is 33.1 Å². The van der Waals surface area contributed by atoms with Gasteiger partial charge in [0.1, 0.15) is 17.8 Å². The van der Waals surface area contributed by atoms with Crippen LogP contribution in [0.15, 0.2) is 78.9 Å². The molecular formula is C31H42N2O4. The largest absolute Gasteiger partial charge is 0.497 e. The summed E-state index contributed by atoms with van der Waals surface area (Å²) in [5.74, 6) is 2.57. The van der Waals surface area contributed by atoms with Gasteiger partial charge in [-0.1, -0.05) is 55.0 Å². The number of aryl methyl sites for hydroxylation is 2. The molecule has 3 aromatic carbocycles. The van der Waals surface area contributed by atoms with E-state index in [-0.39, 0.29) is 0 Å². The van der Waals surface area contributed by atoms with Gasteiger partial charge in [-0.05, 0) is 81.1 Å². The number of methoxy groups -OCH3 is 1. The Kier molecular flexibility index (Phi) is 17.4. The van der Waals surface area contributed by atoms with E-state index in [9.17, 15) is 9.59 Å². The Labute approximate surface area is 222 Å². The number of hydrogen-bond acceptors (Lipinski definition) is 5. The second-order valence-corrected chi connectivity index (χ2v) is 8.48. The lowest BCUT2D eigenvalue weighted by Gasteiger charge is -2.03.